The molecule has 0 atom stereocenters. The van der Waals surface area contributed by atoms with Gasteiger partial charge in [-0.1, -0.05) is 30.3 Å². The third-order valence-corrected chi connectivity index (χ3v) is 2.49. The van der Waals surface area contributed by atoms with Gasteiger partial charge in [-0.05, 0) is 24.3 Å². The Balaban J connectivity index is 2.28. The highest BCUT2D eigenvalue weighted by molar-refractivity contribution is 5.46. The average molecular weight is 240 g/mol. The Kier molecular flexibility index (Phi) is 3.28. The van der Waals surface area contributed by atoms with Gasteiger partial charge in [0.15, 0.2) is 0 Å². The molecule has 0 saturated carbocycles. The summed E-state index contributed by atoms with van der Waals surface area (Å²) in [6.07, 6.45) is 0. The number of nitrogens with one attached hydrogen (secondary N) is 1. The number of nitriles is 1. The molecule has 0 saturated heterocycles. The molecule has 0 unspecified atom stereocenters. The van der Waals surface area contributed by atoms with E-state index in [1.54, 1.807) is 36.4 Å². The van der Waals surface area contributed by atoms with Crippen LogP contribution >= 0.6 is 0 Å². The zero-order valence-electron chi connectivity index (χ0n) is 9.54. The van der Waals surface area contributed by atoms with Crippen molar-refractivity contribution in [3.8, 4) is 6.07 Å². The van der Waals surface area contributed by atoms with Gasteiger partial charge in [-0.2, -0.15) is 5.26 Å². The van der Waals surface area contributed by atoms with Crippen LogP contribution in [0.25, 0.3) is 0 Å². The molecule has 0 aliphatic heterocycles. The van der Waals surface area contributed by atoms with Gasteiger partial charge in [-0.15, -0.1) is 0 Å². The summed E-state index contributed by atoms with van der Waals surface area (Å²) in [6, 6.07) is 16.9. The highest BCUT2D eigenvalue weighted by atomic mass is 16.5. The van der Waals surface area contributed by atoms with Crippen LogP contribution < -0.4 is 5.32 Å². The standard InChI is InChI=1S/C14H12N2O2/c15-10-11-5-4-6-12(9-11)14(17,18)16-13-7-2-1-3-8-13/h1-9,16-18H. The smallest absolute Gasteiger partial charge is 0.272 e. The lowest BCUT2D eigenvalue weighted by atomic mass is 10.1. The molecule has 3 N–H and O–H groups in total. The SMILES string of the molecule is N#Cc1cccc(C(O)(O)Nc2ccccc2)c1. The fourth-order valence-electron chi connectivity index (χ4n) is 1.60. The number of hydrogen-bond donors (Lipinski definition) is 3. The van der Waals surface area contributed by atoms with Gasteiger partial charge in [0.1, 0.15) is 0 Å². The van der Waals surface area contributed by atoms with Crippen molar-refractivity contribution < 1.29 is 10.2 Å². The second-order valence-electron chi connectivity index (χ2n) is 3.86. The lowest BCUT2D eigenvalue weighted by Crippen LogP contribution is -2.34. The summed E-state index contributed by atoms with van der Waals surface area (Å²) < 4.78 is 0. The molecular formula is C14H12N2O2. The Bertz CT molecular complexity index is 574. The molecule has 0 aliphatic rings. The first-order chi connectivity index (χ1) is 8.62. The summed E-state index contributed by atoms with van der Waals surface area (Å²) in [5.74, 6) is -2.21. The van der Waals surface area contributed by atoms with Gasteiger partial charge in [0.25, 0.3) is 5.91 Å². The van der Waals surface area contributed by atoms with Gasteiger partial charge in [0.2, 0.25) is 0 Å². The van der Waals surface area contributed by atoms with E-state index >= 15 is 0 Å². The third-order valence-electron chi connectivity index (χ3n) is 2.49. The topological polar surface area (TPSA) is 76.3 Å². The summed E-state index contributed by atoms with van der Waals surface area (Å²) in [5, 5.41) is 31.4. The Morgan fingerprint density at radius 3 is 2.39 bits per heavy atom. The molecule has 0 aliphatic carbocycles. The van der Waals surface area contributed by atoms with Crippen LogP contribution in [0, 0.1) is 11.3 Å². The largest absolute Gasteiger partial charge is 0.345 e. The normalized spacial score (nSPS) is 10.7. The van der Waals surface area contributed by atoms with E-state index in [1.165, 1.54) is 12.1 Å². The molecule has 0 bridgehead atoms. The van der Waals surface area contributed by atoms with Crippen LogP contribution in [0.4, 0.5) is 5.69 Å². The summed E-state index contributed by atoms with van der Waals surface area (Å²) in [6.45, 7) is 0. The molecule has 2 aromatic rings. The molecule has 0 heterocycles. The van der Waals surface area contributed by atoms with E-state index in [1.807, 2.05) is 12.1 Å². The van der Waals surface area contributed by atoms with Gasteiger partial charge in [-0.25, -0.2) is 0 Å². The number of nitrogens with zero attached hydrogens (tertiary/aromatic N) is 1. The molecule has 2 rings (SSSR count). The minimum Gasteiger partial charge on any atom is -0.345 e. The number of anilines is 1. The molecule has 4 nitrogen and oxygen atoms in total. The minimum absolute atomic E-state index is 0.213. The number of rotatable bonds is 3. The van der Waals surface area contributed by atoms with E-state index in [0.29, 0.717) is 11.3 Å². The van der Waals surface area contributed by atoms with Crippen LogP contribution in [0.15, 0.2) is 54.6 Å². The van der Waals surface area contributed by atoms with Gasteiger partial charge in [-0.3, -0.25) is 0 Å². The van der Waals surface area contributed by atoms with Crippen LogP contribution in [-0.4, -0.2) is 10.2 Å². The van der Waals surface area contributed by atoms with E-state index in [9.17, 15) is 10.2 Å². The molecule has 0 amide bonds. The van der Waals surface area contributed by atoms with E-state index < -0.39 is 5.91 Å². The first-order valence-corrected chi connectivity index (χ1v) is 5.40. The van der Waals surface area contributed by atoms with Crippen molar-refractivity contribution in [2.75, 3.05) is 5.32 Å². The van der Waals surface area contributed by atoms with Crippen molar-refractivity contribution in [2.24, 2.45) is 0 Å². The van der Waals surface area contributed by atoms with Crippen molar-refractivity contribution in [3.63, 3.8) is 0 Å². The lowest BCUT2D eigenvalue weighted by Gasteiger charge is -2.24. The first-order valence-electron chi connectivity index (χ1n) is 5.40. The van der Waals surface area contributed by atoms with Gasteiger partial charge in [0, 0.05) is 11.3 Å². The summed E-state index contributed by atoms with van der Waals surface area (Å²) in [5.41, 5.74) is 1.16. The van der Waals surface area contributed by atoms with Gasteiger partial charge in [0.05, 0.1) is 11.6 Å². The molecule has 0 fully saturated rings. The molecule has 0 spiro atoms. The fourth-order valence-corrected chi connectivity index (χ4v) is 1.60. The van der Waals surface area contributed by atoms with Crippen LogP contribution in [-0.2, 0) is 5.91 Å². The predicted octanol–water partition coefficient (Wildman–Crippen LogP) is 1.77. The second kappa shape index (κ2) is 4.88. The van der Waals surface area contributed by atoms with Crippen LogP contribution in [0.2, 0.25) is 0 Å². The molecule has 4 heteroatoms. The van der Waals surface area contributed by atoms with Crippen molar-refractivity contribution >= 4 is 5.69 Å². The number of benzene rings is 2. The highest BCUT2D eigenvalue weighted by Crippen LogP contribution is 2.21. The van der Waals surface area contributed by atoms with Crippen molar-refractivity contribution in [3.05, 3.63) is 65.7 Å². The van der Waals surface area contributed by atoms with E-state index in [4.69, 9.17) is 5.26 Å². The van der Waals surface area contributed by atoms with Crippen LogP contribution in [0.1, 0.15) is 11.1 Å². The Morgan fingerprint density at radius 1 is 1.00 bits per heavy atom. The molecule has 0 radical (unpaired) electrons. The Morgan fingerprint density at radius 2 is 1.72 bits per heavy atom. The molecule has 90 valence electrons. The zero-order valence-corrected chi connectivity index (χ0v) is 9.54. The summed E-state index contributed by atoms with van der Waals surface area (Å²) in [7, 11) is 0. The monoisotopic (exact) mass is 240 g/mol. The maximum absolute atomic E-state index is 9.99. The fraction of sp³-hybridized carbons (Fsp3) is 0.0714. The van der Waals surface area contributed by atoms with Crippen molar-refractivity contribution in [2.45, 2.75) is 5.91 Å². The number of para-hydroxylation sites is 1. The Hall–Kier alpha value is -2.35. The quantitative estimate of drug-likeness (QED) is 0.714. The predicted molar refractivity (Wildman–Crippen MR) is 67.3 cm³/mol. The zero-order chi connectivity index (χ0) is 13.0. The van der Waals surface area contributed by atoms with Crippen LogP contribution in [0.5, 0.6) is 0 Å². The van der Waals surface area contributed by atoms with Crippen molar-refractivity contribution in [1.29, 1.82) is 5.26 Å². The molecule has 18 heavy (non-hydrogen) atoms. The first kappa shape index (κ1) is 12.1. The summed E-state index contributed by atoms with van der Waals surface area (Å²) >= 11 is 0. The second-order valence-corrected chi connectivity index (χ2v) is 3.86. The maximum Gasteiger partial charge on any atom is 0.272 e. The van der Waals surface area contributed by atoms with E-state index in [2.05, 4.69) is 5.32 Å². The van der Waals surface area contributed by atoms with Gasteiger partial charge >= 0.3 is 0 Å². The molecular weight excluding hydrogens is 228 g/mol. The number of aliphatic hydroxyl groups is 2. The molecule has 2 aromatic carbocycles. The maximum atomic E-state index is 9.99. The summed E-state index contributed by atoms with van der Waals surface area (Å²) in [4.78, 5) is 0. The van der Waals surface area contributed by atoms with E-state index in [-0.39, 0.29) is 5.56 Å². The van der Waals surface area contributed by atoms with Gasteiger partial charge < -0.3 is 15.5 Å². The van der Waals surface area contributed by atoms with Crippen molar-refractivity contribution in [1.82, 2.24) is 0 Å². The minimum atomic E-state index is -2.21. The number of hydrogen-bond acceptors (Lipinski definition) is 4. The highest BCUT2D eigenvalue weighted by Gasteiger charge is 2.25. The Labute approximate surface area is 105 Å². The average Bonchev–Trinajstić information content (AvgIpc) is 2.39. The third kappa shape index (κ3) is 2.66. The van der Waals surface area contributed by atoms with Crippen LogP contribution in [0.3, 0.4) is 0 Å². The van der Waals surface area contributed by atoms with E-state index in [0.717, 1.165) is 0 Å². The molecule has 0 aromatic heterocycles. The lowest BCUT2D eigenvalue weighted by molar-refractivity contribution is -0.143.